The van der Waals surface area contributed by atoms with E-state index in [-0.39, 0.29) is 12.2 Å². The molecule has 2 fully saturated rings. The van der Waals surface area contributed by atoms with E-state index in [9.17, 15) is 5.11 Å². The Bertz CT molecular complexity index is 478. The van der Waals surface area contributed by atoms with Crippen LogP contribution in [0.1, 0.15) is 29.6 Å². The number of β-amino-alcohol motifs (C(OH)–C–C–N with tert-alkyl or cyclic N) is 1. The first-order chi connectivity index (χ1) is 11.2. The molecule has 0 unspecified atom stereocenters. The van der Waals surface area contributed by atoms with Gasteiger partial charge in [0.25, 0.3) is 0 Å². The lowest BCUT2D eigenvalue weighted by atomic mass is 10.2. The molecule has 6 nitrogen and oxygen atoms in total. The second-order valence-corrected chi connectivity index (χ2v) is 7.16. The van der Waals surface area contributed by atoms with Crippen LogP contribution in [0.3, 0.4) is 0 Å². The molecule has 0 spiro atoms. The van der Waals surface area contributed by atoms with Crippen LogP contribution in [0.5, 0.6) is 0 Å². The number of aliphatic hydroxyl groups is 1. The molecule has 23 heavy (non-hydrogen) atoms. The fraction of sp³-hybridized carbons (Fsp3) is 0.812. The van der Waals surface area contributed by atoms with Crippen molar-refractivity contribution in [2.75, 3.05) is 46.1 Å². The number of aryl methyl sites for hydroxylation is 1. The van der Waals surface area contributed by atoms with Gasteiger partial charge in [-0.1, -0.05) is 0 Å². The Morgan fingerprint density at radius 1 is 1.48 bits per heavy atom. The molecule has 1 aromatic heterocycles. The Kier molecular flexibility index (Phi) is 6.38. The maximum atomic E-state index is 10.2. The maximum absolute atomic E-state index is 10.2. The minimum absolute atomic E-state index is 0.0162. The topological polar surface area (TPSA) is 64.1 Å². The van der Waals surface area contributed by atoms with E-state index in [1.165, 1.54) is 0 Å². The Morgan fingerprint density at radius 3 is 3.13 bits per heavy atom. The van der Waals surface area contributed by atoms with E-state index in [0.717, 1.165) is 43.2 Å². The molecule has 1 aromatic rings. The van der Waals surface area contributed by atoms with Gasteiger partial charge in [0, 0.05) is 37.3 Å². The standard InChI is InChI=1S/C16H26N2O4S/c1-12-11-23-16(17-12)15-8-18(4-6-22-15)7-13(19)9-20-10-14-3-2-5-21-14/h11,13-15,19H,2-10H2,1H3/t13-,14+,15-/m0/s1. The number of aromatic nitrogens is 1. The lowest BCUT2D eigenvalue weighted by Gasteiger charge is -2.33. The molecule has 0 saturated carbocycles. The molecule has 0 bridgehead atoms. The first kappa shape index (κ1) is 17.3. The lowest BCUT2D eigenvalue weighted by Crippen LogP contribution is -2.43. The zero-order chi connectivity index (χ0) is 16.1. The molecule has 0 radical (unpaired) electrons. The summed E-state index contributed by atoms with van der Waals surface area (Å²) in [5.74, 6) is 0. The highest BCUT2D eigenvalue weighted by Gasteiger charge is 2.25. The molecule has 3 rings (SSSR count). The largest absolute Gasteiger partial charge is 0.389 e. The van der Waals surface area contributed by atoms with Crippen molar-refractivity contribution < 1.29 is 19.3 Å². The molecule has 7 heteroatoms. The number of hydrogen-bond acceptors (Lipinski definition) is 7. The lowest BCUT2D eigenvalue weighted by molar-refractivity contribution is -0.0594. The summed E-state index contributed by atoms with van der Waals surface area (Å²) in [7, 11) is 0. The summed E-state index contributed by atoms with van der Waals surface area (Å²) in [6.45, 7) is 6.67. The molecule has 130 valence electrons. The summed E-state index contributed by atoms with van der Waals surface area (Å²) >= 11 is 1.64. The van der Waals surface area contributed by atoms with Crippen molar-refractivity contribution in [1.29, 1.82) is 0 Å². The molecule has 3 atom stereocenters. The second-order valence-electron chi connectivity index (χ2n) is 6.27. The van der Waals surface area contributed by atoms with Gasteiger partial charge in [0.2, 0.25) is 0 Å². The van der Waals surface area contributed by atoms with Crippen LogP contribution in [0, 0.1) is 6.92 Å². The molecule has 1 N–H and O–H groups in total. The van der Waals surface area contributed by atoms with E-state index in [2.05, 4.69) is 9.88 Å². The van der Waals surface area contributed by atoms with Crippen molar-refractivity contribution in [2.45, 2.75) is 38.1 Å². The van der Waals surface area contributed by atoms with Crippen LogP contribution < -0.4 is 0 Å². The number of thiazole rings is 1. The summed E-state index contributed by atoms with van der Waals surface area (Å²) in [6, 6.07) is 0. The van der Waals surface area contributed by atoms with E-state index in [4.69, 9.17) is 14.2 Å². The molecular weight excluding hydrogens is 316 g/mol. The molecule has 3 heterocycles. The van der Waals surface area contributed by atoms with Crippen LogP contribution >= 0.6 is 11.3 Å². The van der Waals surface area contributed by atoms with Crippen molar-refractivity contribution in [3.05, 3.63) is 16.1 Å². The van der Waals surface area contributed by atoms with Gasteiger partial charge in [-0.15, -0.1) is 11.3 Å². The molecule has 2 aliphatic heterocycles. The maximum Gasteiger partial charge on any atom is 0.123 e. The number of nitrogens with zero attached hydrogens (tertiary/aromatic N) is 2. The van der Waals surface area contributed by atoms with E-state index in [0.29, 0.717) is 26.4 Å². The van der Waals surface area contributed by atoms with Crippen LogP contribution in [0.25, 0.3) is 0 Å². The summed E-state index contributed by atoms with van der Waals surface area (Å²) in [5.41, 5.74) is 1.04. The summed E-state index contributed by atoms with van der Waals surface area (Å²) < 4.78 is 16.9. The van der Waals surface area contributed by atoms with Crippen molar-refractivity contribution in [3.8, 4) is 0 Å². The minimum Gasteiger partial charge on any atom is -0.389 e. The summed E-state index contributed by atoms with van der Waals surface area (Å²) in [6.07, 6.45) is 1.93. The van der Waals surface area contributed by atoms with E-state index < -0.39 is 6.10 Å². The van der Waals surface area contributed by atoms with Gasteiger partial charge in [0.15, 0.2) is 0 Å². The van der Waals surface area contributed by atoms with Gasteiger partial charge < -0.3 is 19.3 Å². The Balaban J connectivity index is 1.38. The van der Waals surface area contributed by atoms with Gasteiger partial charge in [0.05, 0.1) is 32.0 Å². The number of aliphatic hydroxyl groups excluding tert-OH is 1. The molecule has 0 aromatic carbocycles. The number of rotatable bonds is 7. The normalized spacial score (nSPS) is 27.4. The summed E-state index contributed by atoms with van der Waals surface area (Å²) in [4.78, 5) is 6.73. The predicted molar refractivity (Wildman–Crippen MR) is 87.8 cm³/mol. The smallest absolute Gasteiger partial charge is 0.123 e. The van der Waals surface area contributed by atoms with Crippen molar-refractivity contribution in [1.82, 2.24) is 9.88 Å². The SMILES string of the molecule is Cc1csc([C@@H]2CN(C[C@H](O)COC[C@H]3CCCO3)CCO2)n1. The van der Waals surface area contributed by atoms with Gasteiger partial charge in [-0.05, 0) is 19.8 Å². The highest BCUT2D eigenvalue weighted by Crippen LogP contribution is 2.25. The second kappa shape index (κ2) is 8.50. The quantitative estimate of drug-likeness (QED) is 0.808. The van der Waals surface area contributed by atoms with Crippen LogP contribution in [0.2, 0.25) is 0 Å². The number of morpholine rings is 1. The monoisotopic (exact) mass is 342 g/mol. The zero-order valence-electron chi connectivity index (χ0n) is 13.6. The number of hydrogen-bond donors (Lipinski definition) is 1. The van der Waals surface area contributed by atoms with Gasteiger partial charge in [0.1, 0.15) is 11.1 Å². The van der Waals surface area contributed by atoms with Gasteiger partial charge in [-0.3, -0.25) is 4.90 Å². The molecular formula is C16H26N2O4S. The van der Waals surface area contributed by atoms with Crippen LogP contribution in [-0.2, 0) is 14.2 Å². The van der Waals surface area contributed by atoms with E-state index in [1.807, 2.05) is 12.3 Å². The average Bonchev–Trinajstić information content (AvgIpc) is 3.19. The molecule has 0 amide bonds. The molecule has 2 aliphatic rings. The third-order valence-electron chi connectivity index (χ3n) is 4.17. The summed E-state index contributed by atoms with van der Waals surface area (Å²) in [5, 5.41) is 13.2. The van der Waals surface area contributed by atoms with Gasteiger partial charge in [-0.2, -0.15) is 0 Å². The first-order valence-corrected chi connectivity index (χ1v) is 9.22. The first-order valence-electron chi connectivity index (χ1n) is 8.34. The van der Waals surface area contributed by atoms with Crippen molar-refractivity contribution >= 4 is 11.3 Å². The highest BCUT2D eigenvalue weighted by molar-refractivity contribution is 7.09. The molecule has 0 aliphatic carbocycles. The Morgan fingerprint density at radius 2 is 2.39 bits per heavy atom. The van der Waals surface area contributed by atoms with Gasteiger partial charge >= 0.3 is 0 Å². The number of ether oxygens (including phenoxy) is 3. The van der Waals surface area contributed by atoms with Crippen molar-refractivity contribution in [3.63, 3.8) is 0 Å². The average molecular weight is 342 g/mol. The fourth-order valence-corrected chi connectivity index (χ4v) is 3.83. The third kappa shape index (κ3) is 5.20. The molecule has 2 saturated heterocycles. The zero-order valence-corrected chi connectivity index (χ0v) is 14.5. The van der Waals surface area contributed by atoms with Crippen molar-refractivity contribution in [2.24, 2.45) is 0 Å². The van der Waals surface area contributed by atoms with Crippen LogP contribution in [0.4, 0.5) is 0 Å². The van der Waals surface area contributed by atoms with Crippen LogP contribution in [-0.4, -0.2) is 73.3 Å². The minimum atomic E-state index is -0.479. The third-order valence-corrected chi connectivity index (χ3v) is 5.22. The predicted octanol–water partition coefficient (Wildman–Crippen LogP) is 1.38. The Hall–Kier alpha value is -0.570. The Labute approximate surface area is 141 Å². The van der Waals surface area contributed by atoms with Gasteiger partial charge in [-0.25, -0.2) is 4.98 Å². The van der Waals surface area contributed by atoms with E-state index >= 15 is 0 Å². The fourth-order valence-electron chi connectivity index (χ4n) is 3.00. The van der Waals surface area contributed by atoms with E-state index in [1.54, 1.807) is 11.3 Å². The van der Waals surface area contributed by atoms with Crippen LogP contribution in [0.15, 0.2) is 5.38 Å². The highest BCUT2D eigenvalue weighted by atomic mass is 32.1.